The second-order valence-corrected chi connectivity index (χ2v) is 5.21. The molecule has 0 radical (unpaired) electrons. The maximum atomic E-state index is 12.0. The Labute approximate surface area is 126 Å². The predicted octanol–water partition coefficient (Wildman–Crippen LogP) is 1.92. The number of nitrogens with one attached hydrogen (secondary N) is 2. The van der Waals surface area contributed by atoms with E-state index in [9.17, 15) is 4.79 Å². The molecule has 0 bridgehead atoms. The average Bonchev–Trinajstić information content (AvgIpc) is 2.83. The minimum atomic E-state index is 0. The summed E-state index contributed by atoms with van der Waals surface area (Å²) >= 11 is 0. The lowest BCUT2D eigenvalue weighted by atomic mass is 10.1. The van der Waals surface area contributed by atoms with Crippen LogP contribution in [0.1, 0.15) is 25.8 Å². The topological polar surface area (TPSA) is 50.4 Å². The molecule has 0 saturated carbocycles. The van der Waals surface area contributed by atoms with Crippen LogP contribution in [0.2, 0.25) is 0 Å². The molecule has 0 aliphatic carbocycles. The Morgan fingerprint density at radius 2 is 2.20 bits per heavy atom. The highest BCUT2D eigenvalue weighted by Gasteiger charge is 2.17. The molecule has 0 spiro atoms. The van der Waals surface area contributed by atoms with E-state index in [2.05, 4.69) is 10.6 Å². The lowest BCUT2D eigenvalue weighted by molar-refractivity contribution is -0.121. The van der Waals surface area contributed by atoms with Crippen molar-refractivity contribution < 1.29 is 9.53 Å². The first-order valence-corrected chi connectivity index (χ1v) is 6.90. The third-order valence-corrected chi connectivity index (χ3v) is 3.11. The Morgan fingerprint density at radius 1 is 1.45 bits per heavy atom. The van der Waals surface area contributed by atoms with Crippen molar-refractivity contribution in [1.29, 1.82) is 0 Å². The summed E-state index contributed by atoms with van der Waals surface area (Å²) in [5, 5.41) is 6.29. The normalized spacial score (nSPS) is 17.6. The van der Waals surface area contributed by atoms with Gasteiger partial charge >= 0.3 is 0 Å². The zero-order valence-electron chi connectivity index (χ0n) is 12.0. The third-order valence-electron chi connectivity index (χ3n) is 3.11. The number of halogens is 1. The van der Waals surface area contributed by atoms with Crippen molar-refractivity contribution in [3.05, 3.63) is 29.8 Å². The quantitative estimate of drug-likeness (QED) is 0.873. The lowest BCUT2D eigenvalue weighted by Gasteiger charge is -2.15. The standard InChI is InChI=1S/C15H22N2O2.ClH/c1-11(2)19-14-6-4-3-5-12(14)9-15(18)17-13-7-8-16-10-13;/h3-6,11,13,16H,7-10H2,1-2H3,(H,17,18);1H. The molecule has 1 amide bonds. The highest BCUT2D eigenvalue weighted by Crippen LogP contribution is 2.20. The highest BCUT2D eigenvalue weighted by atomic mass is 35.5. The van der Waals surface area contributed by atoms with Crippen LogP contribution in [0.3, 0.4) is 0 Å². The van der Waals surface area contributed by atoms with E-state index in [0.29, 0.717) is 6.42 Å². The molecule has 0 aromatic heterocycles. The van der Waals surface area contributed by atoms with Crippen LogP contribution in [-0.2, 0) is 11.2 Å². The van der Waals surface area contributed by atoms with Gasteiger partial charge in [0.2, 0.25) is 5.91 Å². The van der Waals surface area contributed by atoms with Gasteiger partial charge in [-0.3, -0.25) is 4.79 Å². The van der Waals surface area contributed by atoms with E-state index in [4.69, 9.17) is 4.74 Å². The summed E-state index contributed by atoms with van der Waals surface area (Å²) in [6.45, 7) is 5.83. The number of hydrogen-bond acceptors (Lipinski definition) is 3. The van der Waals surface area contributed by atoms with Gasteiger partial charge in [0.1, 0.15) is 5.75 Å². The van der Waals surface area contributed by atoms with E-state index in [1.807, 2.05) is 38.1 Å². The second-order valence-electron chi connectivity index (χ2n) is 5.21. The molecule has 1 fully saturated rings. The Bertz CT molecular complexity index is 432. The van der Waals surface area contributed by atoms with Gasteiger partial charge in [0.05, 0.1) is 12.5 Å². The fourth-order valence-corrected chi connectivity index (χ4v) is 2.25. The molecule has 2 rings (SSSR count). The monoisotopic (exact) mass is 298 g/mol. The smallest absolute Gasteiger partial charge is 0.224 e. The highest BCUT2D eigenvalue weighted by molar-refractivity contribution is 5.85. The molecule has 1 saturated heterocycles. The minimum Gasteiger partial charge on any atom is -0.491 e. The van der Waals surface area contributed by atoms with Gasteiger partial charge in [-0.15, -0.1) is 12.4 Å². The first kappa shape index (κ1) is 16.8. The molecule has 1 heterocycles. The summed E-state index contributed by atoms with van der Waals surface area (Å²) in [6.07, 6.45) is 1.50. The zero-order valence-corrected chi connectivity index (χ0v) is 12.8. The van der Waals surface area contributed by atoms with Gasteiger partial charge in [-0.05, 0) is 32.9 Å². The van der Waals surface area contributed by atoms with Crippen LogP contribution in [0.4, 0.5) is 0 Å². The van der Waals surface area contributed by atoms with Gasteiger partial charge in [-0.2, -0.15) is 0 Å². The first-order chi connectivity index (χ1) is 9.15. The molecule has 4 nitrogen and oxygen atoms in total. The number of carbonyl (C=O) groups is 1. The zero-order chi connectivity index (χ0) is 13.7. The van der Waals surface area contributed by atoms with Crippen LogP contribution in [0.5, 0.6) is 5.75 Å². The molecule has 112 valence electrons. The van der Waals surface area contributed by atoms with Gasteiger partial charge in [0.15, 0.2) is 0 Å². The summed E-state index contributed by atoms with van der Waals surface area (Å²) in [7, 11) is 0. The SMILES string of the molecule is CC(C)Oc1ccccc1CC(=O)NC1CCNC1.Cl. The van der Waals surface area contributed by atoms with Crippen LogP contribution in [0, 0.1) is 0 Å². The Balaban J connectivity index is 0.00000200. The number of carbonyl (C=O) groups excluding carboxylic acids is 1. The molecular formula is C15H23ClN2O2. The van der Waals surface area contributed by atoms with E-state index in [-0.39, 0.29) is 30.5 Å². The number of ether oxygens (including phenoxy) is 1. The molecule has 5 heteroatoms. The Kier molecular flexibility index (Phi) is 6.82. The summed E-state index contributed by atoms with van der Waals surface area (Å²) in [6, 6.07) is 8.00. The maximum Gasteiger partial charge on any atom is 0.224 e. The van der Waals surface area contributed by atoms with Crippen molar-refractivity contribution in [2.24, 2.45) is 0 Å². The number of benzene rings is 1. The summed E-state index contributed by atoms with van der Waals surface area (Å²) in [5.74, 6) is 0.866. The Hall–Kier alpha value is -1.26. The fourth-order valence-electron chi connectivity index (χ4n) is 2.25. The molecular weight excluding hydrogens is 276 g/mol. The largest absolute Gasteiger partial charge is 0.491 e. The van der Waals surface area contributed by atoms with Crippen molar-refractivity contribution in [2.45, 2.75) is 38.8 Å². The van der Waals surface area contributed by atoms with E-state index in [0.717, 1.165) is 30.8 Å². The van der Waals surface area contributed by atoms with E-state index in [1.165, 1.54) is 0 Å². The third kappa shape index (κ3) is 5.02. The van der Waals surface area contributed by atoms with Crippen LogP contribution in [0.25, 0.3) is 0 Å². The fraction of sp³-hybridized carbons (Fsp3) is 0.533. The van der Waals surface area contributed by atoms with Gasteiger partial charge in [0.25, 0.3) is 0 Å². The maximum absolute atomic E-state index is 12.0. The average molecular weight is 299 g/mol. The number of para-hydroxylation sites is 1. The van der Waals surface area contributed by atoms with Crippen molar-refractivity contribution >= 4 is 18.3 Å². The predicted molar refractivity (Wildman–Crippen MR) is 82.6 cm³/mol. The van der Waals surface area contributed by atoms with Gasteiger partial charge in [-0.1, -0.05) is 18.2 Å². The second kappa shape index (κ2) is 8.12. The summed E-state index contributed by atoms with van der Waals surface area (Å²) in [5.41, 5.74) is 0.944. The molecule has 1 atom stereocenters. The molecule has 1 aliphatic heterocycles. The molecule has 1 aromatic carbocycles. The van der Waals surface area contributed by atoms with Crippen molar-refractivity contribution in [1.82, 2.24) is 10.6 Å². The molecule has 2 N–H and O–H groups in total. The molecule has 1 unspecified atom stereocenters. The van der Waals surface area contributed by atoms with Crippen LogP contribution < -0.4 is 15.4 Å². The summed E-state index contributed by atoms with van der Waals surface area (Å²) < 4.78 is 5.72. The molecule has 20 heavy (non-hydrogen) atoms. The molecule has 1 aliphatic rings. The van der Waals surface area contributed by atoms with Gasteiger partial charge < -0.3 is 15.4 Å². The lowest BCUT2D eigenvalue weighted by Crippen LogP contribution is -2.37. The van der Waals surface area contributed by atoms with Crippen molar-refractivity contribution in [3.63, 3.8) is 0 Å². The van der Waals surface area contributed by atoms with Crippen molar-refractivity contribution in [3.8, 4) is 5.75 Å². The Morgan fingerprint density at radius 3 is 2.85 bits per heavy atom. The minimum absolute atomic E-state index is 0. The van der Waals surface area contributed by atoms with Crippen molar-refractivity contribution in [2.75, 3.05) is 13.1 Å². The van der Waals surface area contributed by atoms with E-state index < -0.39 is 0 Å². The van der Waals surface area contributed by atoms with E-state index in [1.54, 1.807) is 0 Å². The van der Waals surface area contributed by atoms with E-state index >= 15 is 0 Å². The van der Waals surface area contributed by atoms with Crippen LogP contribution >= 0.6 is 12.4 Å². The van der Waals surface area contributed by atoms with Gasteiger partial charge in [-0.25, -0.2) is 0 Å². The summed E-state index contributed by atoms with van der Waals surface area (Å²) in [4.78, 5) is 12.0. The molecule has 1 aromatic rings. The first-order valence-electron chi connectivity index (χ1n) is 6.90. The number of rotatable bonds is 5. The number of amides is 1. The van der Waals surface area contributed by atoms with Crippen LogP contribution in [-0.4, -0.2) is 31.1 Å². The number of hydrogen-bond donors (Lipinski definition) is 2. The van der Waals surface area contributed by atoms with Gasteiger partial charge in [0, 0.05) is 18.2 Å². The van der Waals surface area contributed by atoms with Crippen LogP contribution in [0.15, 0.2) is 24.3 Å².